The van der Waals surface area contributed by atoms with E-state index in [9.17, 15) is 4.79 Å². The number of ether oxygens (including phenoxy) is 1. The van der Waals surface area contributed by atoms with Crippen LogP contribution in [-0.2, 0) is 0 Å². The molecule has 2 aromatic carbocycles. The summed E-state index contributed by atoms with van der Waals surface area (Å²) in [6, 6.07) is 15.2. The number of carbonyl (C=O) groups excluding carboxylic acids is 1. The second-order valence-corrected chi connectivity index (χ2v) is 5.31. The lowest BCUT2D eigenvalue weighted by Crippen LogP contribution is -2.13. The smallest absolute Gasteiger partial charge is 0.255 e. The molecule has 0 saturated heterocycles. The quantitative estimate of drug-likeness (QED) is 0.827. The van der Waals surface area contributed by atoms with Crippen molar-refractivity contribution in [2.75, 3.05) is 11.9 Å². The lowest BCUT2D eigenvalue weighted by atomic mass is 9.97. The fourth-order valence-electron chi connectivity index (χ4n) is 2.32. The van der Waals surface area contributed by atoms with Crippen molar-refractivity contribution >= 4 is 11.6 Å². The molecular weight excluding hydrogens is 274 g/mol. The predicted molar refractivity (Wildman–Crippen MR) is 90.7 cm³/mol. The van der Waals surface area contributed by atoms with Gasteiger partial charge in [-0.3, -0.25) is 4.79 Å². The molecule has 0 aliphatic rings. The highest BCUT2D eigenvalue weighted by atomic mass is 16.5. The van der Waals surface area contributed by atoms with Gasteiger partial charge in [-0.2, -0.15) is 0 Å². The Bertz CT molecular complexity index is 620. The van der Waals surface area contributed by atoms with Crippen LogP contribution in [0.5, 0.6) is 5.75 Å². The SMILES string of the molecule is CCOc1ccc(C(=O)Nc2ccccc2[C@H](C)CC)cc1. The molecular formula is C19H23NO2. The molecule has 0 spiro atoms. The topological polar surface area (TPSA) is 38.3 Å². The Morgan fingerprint density at radius 3 is 2.41 bits per heavy atom. The van der Waals surface area contributed by atoms with Crippen molar-refractivity contribution in [2.45, 2.75) is 33.1 Å². The zero-order valence-corrected chi connectivity index (χ0v) is 13.4. The van der Waals surface area contributed by atoms with Gasteiger partial charge in [-0.25, -0.2) is 0 Å². The van der Waals surface area contributed by atoms with Gasteiger partial charge in [-0.05, 0) is 55.2 Å². The molecule has 22 heavy (non-hydrogen) atoms. The van der Waals surface area contributed by atoms with Crippen LogP contribution in [0.2, 0.25) is 0 Å². The molecule has 0 aliphatic carbocycles. The van der Waals surface area contributed by atoms with Crippen molar-refractivity contribution in [2.24, 2.45) is 0 Å². The van der Waals surface area contributed by atoms with Gasteiger partial charge in [0.2, 0.25) is 0 Å². The van der Waals surface area contributed by atoms with Crippen LogP contribution in [0.4, 0.5) is 5.69 Å². The van der Waals surface area contributed by atoms with Crippen molar-refractivity contribution in [1.82, 2.24) is 0 Å². The normalized spacial score (nSPS) is 11.8. The minimum atomic E-state index is -0.0983. The lowest BCUT2D eigenvalue weighted by Gasteiger charge is -2.15. The van der Waals surface area contributed by atoms with Gasteiger partial charge in [0.15, 0.2) is 0 Å². The summed E-state index contributed by atoms with van der Waals surface area (Å²) >= 11 is 0. The van der Waals surface area contributed by atoms with Gasteiger partial charge in [-0.1, -0.05) is 32.0 Å². The van der Waals surface area contributed by atoms with Crippen molar-refractivity contribution in [3.8, 4) is 5.75 Å². The van der Waals surface area contributed by atoms with E-state index in [0.29, 0.717) is 18.1 Å². The van der Waals surface area contributed by atoms with E-state index in [0.717, 1.165) is 17.9 Å². The Balaban J connectivity index is 2.15. The molecule has 0 saturated carbocycles. The predicted octanol–water partition coefficient (Wildman–Crippen LogP) is 4.85. The molecule has 0 bridgehead atoms. The summed E-state index contributed by atoms with van der Waals surface area (Å²) in [6.45, 7) is 6.87. The van der Waals surface area contributed by atoms with Crippen LogP contribution in [0.1, 0.15) is 49.0 Å². The maximum atomic E-state index is 12.4. The first-order valence-corrected chi connectivity index (χ1v) is 7.78. The average Bonchev–Trinajstić information content (AvgIpc) is 2.55. The van der Waals surface area contributed by atoms with E-state index in [1.165, 1.54) is 5.56 Å². The zero-order chi connectivity index (χ0) is 15.9. The molecule has 0 radical (unpaired) electrons. The van der Waals surface area contributed by atoms with Gasteiger partial charge in [0.1, 0.15) is 5.75 Å². The molecule has 3 nitrogen and oxygen atoms in total. The molecule has 0 heterocycles. The third-order valence-corrected chi connectivity index (χ3v) is 3.78. The van der Waals surface area contributed by atoms with E-state index in [4.69, 9.17) is 4.74 Å². The molecule has 1 atom stereocenters. The molecule has 3 heteroatoms. The molecule has 2 rings (SSSR count). The van der Waals surface area contributed by atoms with Crippen LogP contribution in [0.25, 0.3) is 0 Å². The lowest BCUT2D eigenvalue weighted by molar-refractivity contribution is 0.102. The number of nitrogens with one attached hydrogen (secondary N) is 1. The second-order valence-electron chi connectivity index (χ2n) is 5.31. The Labute approximate surface area is 132 Å². The Kier molecular flexibility index (Phi) is 5.59. The molecule has 1 N–H and O–H groups in total. The van der Waals surface area contributed by atoms with Gasteiger partial charge < -0.3 is 10.1 Å². The number of hydrogen-bond acceptors (Lipinski definition) is 2. The number of hydrogen-bond donors (Lipinski definition) is 1. The van der Waals surface area contributed by atoms with E-state index in [1.54, 1.807) is 12.1 Å². The summed E-state index contributed by atoms with van der Waals surface area (Å²) in [5, 5.41) is 3.01. The summed E-state index contributed by atoms with van der Waals surface area (Å²) < 4.78 is 5.39. The highest BCUT2D eigenvalue weighted by Gasteiger charge is 2.12. The van der Waals surface area contributed by atoms with Gasteiger partial charge in [-0.15, -0.1) is 0 Å². The van der Waals surface area contributed by atoms with E-state index >= 15 is 0 Å². The Hall–Kier alpha value is -2.29. The van der Waals surface area contributed by atoms with Crippen LogP contribution in [0.15, 0.2) is 48.5 Å². The highest BCUT2D eigenvalue weighted by molar-refractivity contribution is 6.04. The van der Waals surface area contributed by atoms with Crippen LogP contribution in [0, 0.1) is 0 Å². The van der Waals surface area contributed by atoms with Crippen LogP contribution < -0.4 is 10.1 Å². The van der Waals surface area contributed by atoms with Gasteiger partial charge >= 0.3 is 0 Å². The zero-order valence-electron chi connectivity index (χ0n) is 13.4. The molecule has 0 unspecified atom stereocenters. The molecule has 0 fully saturated rings. The summed E-state index contributed by atoms with van der Waals surface area (Å²) in [5.41, 5.74) is 2.68. The third kappa shape index (κ3) is 3.88. The molecule has 0 aromatic heterocycles. The third-order valence-electron chi connectivity index (χ3n) is 3.78. The maximum absolute atomic E-state index is 12.4. The number of carbonyl (C=O) groups is 1. The first kappa shape index (κ1) is 16.1. The standard InChI is InChI=1S/C19H23NO2/c1-4-14(3)17-8-6-7-9-18(17)20-19(21)15-10-12-16(13-11-15)22-5-2/h6-14H,4-5H2,1-3H3,(H,20,21)/t14-/m1/s1. The van der Waals surface area contributed by atoms with Crippen molar-refractivity contribution in [3.63, 3.8) is 0 Å². The summed E-state index contributed by atoms with van der Waals surface area (Å²) in [4.78, 5) is 12.4. The summed E-state index contributed by atoms with van der Waals surface area (Å²) in [5.74, 6) is 1.09. The minimum Gasteiger partial charge on any atom is -0.494 e. The van der Waals surface area contributed by atoms with E-state index in [1.807, 2.05) is 37.3 Å². The fraction of sp³-hybridized carbons (Fsp3) is 0.316. The van der Waals surface area contributed by atoms with Crippen LogP contribution in [0.3, 0.4) is 0 Å². The highest BCUT2D eigenvalue weighted by Crippen LogP contribution is 2.27. The molecule has 0 aliphatic heterocycles. The van der Waals surface area contributed by atoms with Crippen molar-refractivity contribution in [3.05, 3.63) is 59.7 Å². The van der Waals surface area contributed by atoms with Crippen LogP contribution >= 0.6 is 0 Å². The summed E-state index contributed by atoms with van der Waals surface area (Å²) in [6.07, 6.45) is 1.04. The number of rotatable bonds is 6. The Morgan fingerprint density at radius 2 is 1.77 bits per heavy atom. The Morgan fingerprint density at radius 1 is 1.09 bits per heavy atom. The molecule has 1 amide bonds. The van der Waals surface area contributed by atoms with Gasteiger partial charge in [0.25, 0.3) is 5.91 Å². The van der Waals surface area contributed by atoms with Crippen molar-refractivity contribution in [1.29, 1.82) is 0 Å². The first-order valence-electron chi connectivity index (χ1n) is 7.78. The van der Waals surface area contributed by atoms with Crippen molar-refractivity contribution < 1.29 is 9.53 Å². The van der Waals surface area contributed by atoms with E-state index < -0.39 is 0 Å². The average molecular weight is 297 g/mol. The van der Waals surface area contributed by atoms with Crippen LogP contribution in [-0.4, -0.2) is 12.5 Å². The monoisotopic (exact) mass is 297 g/mol. The van der Waals surface area contributed by atoms with Gasteiger partial charge in [0.05, 0.1) is 6.61 Å². The van der Waals surface area contributed by atoms with Gasteiger partial charge in [0, 0.05) is 11.3 Å². The first-order chi connectivity index (χ1) is 10.7. The second kappa shape index (κ2) is 7.64. The number of benzene rings is 2. The summed E-state index contributed by atoms with van der Waals surface area (Å²) in [7, 11) is 0. The molecule has 116 valence electrons. The number of anilines is 1. The molecule has 2 aromatic rings. The number of para-hydroxylation sites is 1. The maximum Gasteiger partial charge on any atom is 0.255 e. The minimum absolute atomic E-state index is 0.0983. The van der Waals surface area contributed by atoms with E-state index in [-0.39, 0.29) is 5.91 Å². The number of amides is 1. The largest absolute Gasteiger partial charge is 0.494 e. The fourth-order valence-corrected chi connectivity index (χ4v) is 2.32. The van der Waals surface area contributed by atoms with E-state index in [2.05, 4.69) is 25.2 Å².